The average Bonchev–Trinajstić information content (AvgIpc) is 2.67. The molecule has 0 spiro atoms. The second-order valence-electron chi connectivity index (χ2n) is 7.47. The molecule has 2 aromatic rings. The fourth-order valence-corrected chi connectivity index (χ4v) is 3.98. The number of rotatable bonds is 7. The Morgan fingerprint density at radius 3 is 2.65 bits per heavy atom. The Morgan fingerprint density at radius 1 is 1.15 bits per heavy atom. The van der Waals surface area contributed by atoms with Crippen LogP contribution in [0.4, 0.5) is 0 Å². The Morgan fingerprint density at radius 2 is 1.88 bits per heavy atom. The number of benzene rings is 2. The minimum atomic E-state index is 0.0155. The Labute approximate surface area is 157 Å². The smallest absolute Gasteiger partial charge is 0.234 e. The average molecular weight is 354 g/mol. The van der Waals surface area contributed by atoms with E-state index in [0.29, 0.717) is 6.54 Å². The molecule has 1 aliphatic heterocycles. The number of carbonyl (C=O) groups is 1. The van der Waals surface area contributed by atoms with Gasteiger partial charge >= 0.3 is 0 Å². The van der Waals surface area contributed by atoms with Gasteiger partial charge in [0.1, 0.15) is 0 Å². The van der Waals surface area contributed by atoms with E-state index in [2.05, 4.69) is 64.9 Å². The Balaban J connectivity index is 1.52. The highest BCUT2D eigenvalue weighted by molar-refractivity contribution is 5.87. The van der Waals surface area contributed by atoms with E-state index in [1.54, 1.807) is 0 Å². The molecule has 1 saturated heterocycles. The van der Waals surface area contributed by atoms with Crippen LogP contribution >= 0.6 is 0 Å². The Kier molecular flexibility index (Phi) is 6.64. The fraction of sp³-hybridized carbons (Fsp3) is 0.500. The zero-order chi connectivity index (χ0) is 18.4. The van der Waals surface area contributed by atoms with Crippen molar-refractivity contribution in [3.8, 4) is 0 Å². The zero-order valence-electron chi connectivity index (χ0n) is 16.0. The largest absolute Gasteiger partial charge is 0.348 e. The SMILES string of the molecule is CNCCC1CCN(CC(=O)NC(C)c2cccc3ccccc23)CC1. The van der Waals surface area contributed by atoms with Crippen LogP contribution in [0.25, 0.3) is 10.8 Å². The zero-order valence-corrected chi connectivity index (χ0v) is 16.0. The minimum absolute atomic E-state index is 0.0155. The monoisotopic (exact) mass is 353 g/mol. The summed E-state index contributed by atoms with van der Waals surface area (Å²) in [5.74, 6) is 0.926. The highest BCUT2D eigenvalue weighted by atomic mass is 16.2. The topological polar surface area (TPSA) is 44.4 Å². The first-order valence-electron chi connectivity index (χ1n) is 9.81. The molecule has 3 rings (SSSR count). The molecule has 26 heavy (non-hydrogen) atoms. The number of likely N-dealkylation sites (tertiary alicyclic amines) is 1. The lowest BCUT2D eigenvalue weighted by molar-refractivity contribution is -0.123. The van der Waals surface area contributed by atoms with Gasteiger partial charge in [0.2, 0.25) is 5.91 Å². The van der Waals surface area contributed by atoms with Gasteiger partial charge in [-0.25, -0.2) is 0 Å². The molecule has 1 amide bonds. The van der Waals surface area contributed by atoms with Gasteiger partial charge < -0.3 is 10.6 Å². The highest BCUT2D eigenvalue weighted by Crippen LogP contribution is 2.24. The van der Waals surface area contributed by atoms with Gasteiger partial charge in [-0.2, -0.15) is 0 Å². The summed E-state index contributed by atoms with van der Waals surface area (Å²) < 4.78 is 0. The van der Waals surface area contributed by atoms with E-state index in [1.165, 1.54) is 35.6 Å². The maximum Gasteiger partial charge on any atom is 0.234 e. The Hall–Kier alpha value is -1.91. The van der Waals surface area contributed by atoms with Crippen molar-refractivity contribution in [1.82, 2.24) is 15.5 Å². The van der Waals surface area contributed by atoms with E-state index >= 15 is 0 Å². The number of piperidine rings is 1. The third kappa shape index (κ3) is 4.83. The van der Waals surface area contributed by atoms with E-state index in [4.69, 9.17) is 0 Å². The summed E-state index contributed by atoms with van der Waals surface area (Å²) in [6, 6.07) is 14.7. The van der Waals surface area contributed by atoms with Gasteiger partial charge in [-0.3, -0.25) is 9.69 Å². The number of amides is 1. The third-order valence-electron chi connectivity index (χ3n) is 5.54. The van der Waals surface area contributed by atoms with Crippen molar-refractivity contribution in [2.24, 2.45) is 5.92 Å². The molecule has 0 radical (unpaired) electrons. The molecule has 1 unspecified atom stereocenters. The van der Waals surface area contributed by atoms with Crippen molar-refractivity contribution >= 4 is 16.7 Å². The normalized spacial score (nSPS) is 17.3. The van der Waals surface area contributed by atoms with E-state index in [-0.39, 0.29) is 11.9 Å². The summed E-state index contributed by atoms with van der Waals surface area (Å²) in [5, 5.41) is 8.85. The van der Waals surface area contributed by atoms with Gasteiger partial charge in [0.05, 0.1) is 12.6 Å². The molecule has 0 bridgehead atoms. The predicted molar refractivity (Wildman–Crippen MR) is 108 cm³/mol. The van der Waals surface area contributed by atoms with Crippen LogP contribution in [0.1, 0.15) is 37.8 Å². The molecule has 4 nitrogen and oxygen atoms in total. The molecule has 0 aromatic heterocycles. The predicted octanol–water partition coefficient (Wildman–Crippen LogP) is 3.34. The number of fused-ring (bicyclic) bond motifs is 1. The van der Waals surface area contributed by atoms with Crippen LogP contribution in [-0.4, -0.2) is 44.0 Å². The summed E-state index contributed by atoms with van der Waals surface area (Å²) in [5.41, 5.74) is 1.18. The molecule has 1 fully saturated rings. The quantitative estimate of drug-likeness (QED) is 0.802. The molecule has 1 atom stereocenters. The molecular formula is C22H31N3O. The van der Waals surface area contributed by atoms with Crippen LogP contribution < -0.4 is 10.6 Å². The lowest BCUT2D eigenvalue weighted by Gasteiger charge is -2.31. The van der Waals surface area contributed by atoms with Gasteiger partial charge in [-0.1, -0.05) is 42.5 Å². The highest BCUT2D eigenvalue weighted by Gasteiger charge is 2.21. The number of nitrogens with one attached hydrogen (secondary N) is 2. The summed E-state index contributed by atoms with van der Waals surface area (Å²) in [7, 11) is 2.01. The van der Waals surface area contributed by atoms with Crippen LogP contribution in [-0.2, 0) is 4.79 Å². The fourth-order valence-electron chi connectivity index (χ4n) is 3.98. The van der Waals surface area contributed by atoms with Gasteiger partial charge in [0, 0.05) is 0 Å². The number of hydrogen-bond donors (Lipinski definition) is 2. The first-order chi connectivity index (χ1) is 12.7. The first-order valence-corrected chi connectivity index (χ1v) is 9.81. The lowest BCUT2D eigenvalue weighted by atomic mass is 9.93. The van der Waals surface area contributed by atoms with Crippen molar-refractivity contribution in [2.45, 2.75) is 32.2 Å². The van der Waals surface area contributed by atoms with E-state index in [0.717, 1.165) is 25.6 Å². The second-order valence-corrected chi connectivity index (χ2v) is 7.47. The first kappa shape index (κ1) is 18.9. The van der Waals surface area contributed by atoms with Crippen molar-refractivity contribution < 1.29 is 4.79 Å². The van der Waals surface area contributed by atoms with Gasteiger partial charge in [-0.15, -0.1) is 0 Å². The summed E-state index contributed by atoms with van der Waals surface area (Å²) >= 11 is 0. The molecule has 1 aliphatic rings. The summed E-state index contributed by atoms with van der Waals surface area (Å²) in [6.45, 7) is 5.74. The van der Waals surface area contributed by atoms with E-state index in [9.17, 15) is 4.79 Å². The molecule has 4 heteroatoms. The Bertz CT molecular complexity index is 717. The molecule has 0 saturated carbocycles. The molecule has 2 aromatic carbocycles. The van der Waals surface area contributed by atoms with Crippen molar-refractivity contribution in [3.05, 3.63) is 48.0 Å². The minimum Gasteiger partial charge on any atom is -0.348 e. The number of nitrogens with zero attached hydrogens (tertiary/aromatic N) is 1. The van der Waals surface area contributed by atoms with Crippen molar-refractivity contribution in [1.29, 1.82) is 0 Å². The third-order valence-corrected chi connectivity index (χ3v) is 5.54. The van der Waals surface area contributed by atoms with Crippen LogP contribution in [0, 0.1) is 5.92 Å². The van der Waals surface area contributed by atoms with Gasteiger partial charge in [0.25, 0.3) is 0 Å². The summed E-state index contributed by atoms with van der Waals surface area (Å²) in [4.78, 5) is 14.8. The molecule has 0 aliphatic carbocycles. The standard InChI is InChI=1S/C22H31N3O/c1-17(20-9-5-7-19-6-3-4-8-21(19)20)24-22(26)16-25-14-11-18(12-15-25)10-13-23-2/h3-9,17-18,23H,10-16H2,1-2H3,(H,24,26). The molecule has 1 heterocycles. The van der Waals surface area contributed by atoms with Crippen LogP contribution in [0.2, 0.25) is 0 Å². The van der Waals surface area contributed by atoms with Crippen molar-refractivity contribution in [3.63, 3.8) is 0 Å². The van der Waals surface area contributed by atoms with Crippen molar-refractivity contribution in [2.75, 3.05) is 33.2 Å². The maximum atomic E-state index is 12.5. The molecule has 140 valence electrons. The summed E-state index contributed by atoms with van der Waals surface area (Å²) in [6.07, 6.45) is 3.65. The van der Waals surface area contributed by atoms with E-state index in [1.807, 2.05) is 7.05 Å². The molecule has 2 N–H and O–H groups in total. The van der Waals surface area contributed by atoms with Crippen LogP contribution in [0.5, 0.6) is 0 Å². The van der Waals surface area contributed by atoms with Crippen LogP contribution in [0.15, 0.2) is 42.5 Å². The maximum absolute atomic E-state index is 12.5. The van der Waals surface area contributed by atoms with Gasteiger partial charge in [0.15, 0.2) is 0 Å². The second kappa shape index (κ2) is 9.15. The lowest BCUT2D eigenvalue weighted by Crippen LogP contribution is -2.42. The van der Waals surface area contributed by atoms with E-state index < -0.39 is 0 Å². The molecular weight excluding hydrogens is 322 g/mol. The number of carbonyl (C=O) groups excluding carboxylic acids is 1. The van der Waals surface area contributed by atoms with Gasteiger partial charge in [-0.05, 0) is 75.1 Å². The van der Waals surface area contributed by atoms with Crippen LogP contribution in [0.3, 0.4) is 0 Å². The number of hydrogen-bond acceptors (Lipinski definition) is 3.